The molecule has 1 aliphatic carbocycles. The molecule has 1 saturated carbocycles. The molecule has 1 heterocycles. The highest BCUT2D eigenvalue weighted by Gasteiger charge is 2.13. The first-order chi connectivity index (χ1) is 10.2. The summed E-state index contributed by atoms with van der Waals surface area (Å²) >= 11 is 0. The lowest BCUT2D eigenvalue weighted by Crippen LogP contribution is -2.30. The minimum absolute atomic E-state index is 0.208. The molecule has 1 aromatic heterocycles. The first-order valence-corrected chi connectivity index (χ1v) is 7.56. The zero-order chi connectivity index (χ0) is 15.1. The fourth-order valence-electron chi connectivity index (χ4n) is 2.38. The Kier molecular flexibility index (Phi) is 5.92. The van der Waals surface area contributed by atoms with Crippen molar-refractivity contribution in [2.24, 2.45) is 0 Å². The van der Waals surface area contributed by atoms with E-state index in [1.807, 2.05) is 19.0 Å². The lowest BCUT2D eigenvalue weighted by molar-refractivity contribution is 0.0299. The van der Waals surface area contributed by atoms with Gasteiger partial charge in [0.1, 0.15) is 11.5 Å². The SMILES string of the molecule is CN(C)c1cnc(C(=O)NCCOC2CCCCC2)cn1. The molecule has 21 heavy (non-hydrogen) atoms. The number of amides is 1. The number of nitrogens with one attached hydrogen (secondary N) is 1. The van der Waals surface area contributed by atoms with E-state index in [0.29, 0.717) is 24.9 Å². The molecule has 1 aromatic rings. The number of hydrogen-bond donors (Lipinski definition) is 1. The van der Waals surface area contributed by atoms with E-state index in [0.717, 1.165) is 18.7 Å². The Labute approximate surface area is 125 Å². The topological polar surface area (TPSA) is 67.4 Å². The molecule has 2 rings (SSSR count). The molecular formula is C15H24N4O2. The van der Waals surface area contributed by atoms with Crippen molar-refractivity contribution in [3.8, 4) is 0 Å². The van der Waals surface area contributed by atoms with Crippen LogP contribution in [0.25, 0.3) is 0 Å². The second kappa shape index (κ2) is 7.93. The van der Waals surface area contributed by atoms with Crippen molar-refractivity contribution < 1.29 is 9.53 Å². The van der Waals surface area contributed by atoms with Crippen LogP contribution >= 0.6 is 0 Å². The van der Waals surface area contributed by atoms with Gasteiger partial charge in [0.25, 0.3) is 5.91 Å². The van der Waals surface area contributed by atoms with Gasteiger partial charge in [-0.25, -0.2) is 9.97 Å². The van der Waals surface area contributed by atoms with Gasteiger partial charge < -0.3 is 15.0 Å². The number of carbonyl (C=O) groups excluding carboxylic acids is 1. The van der Waals surface area contributed by atoms with Gasteiger partial charge in [0, 0.05) is 20.6 Å². The van der Waals surface area contributed by atoms with Gasteiger partial charge in [-0.2, -0.15) is 0 Å². The molecule has 0 aromatic carbocycles. The maximum atomic E-state index is 11.9. The summed E-state index contributed by atoms with van der Waals surface area (Å²) in [6, 6.07) is 0. The van der Waals surface area contributed by atoms with Gasteiger partial charge in [-0.1, -0.05) is 19.3 Å². The molecule has 1 N–H and O–H groups in total. The first kappa shape index (κ1) is 15.7. The van der Waals surface area contributed by atoms with Gasteiger partial charge in [0.05, 0.1) is 25.1 Å². The van der Waals surface area contributed by atoms with Gasteiger partial charge in [-0.15, -0.1) is 0 Å². The summed E-state index contributed by atoms with van der Waals surface area (Å²) in [4.78, 5) is 22.0. The summed E-state index contributed by atoms with van der Waals surface area (Å²) in [6.07, 6.45) is 9.57. The minimum Gasteiger partial charge on any atom is -0.376 e. The van der Waals surface area contributed by atoms with E-state index < -0.39 is 0 Å². The van der Waals surface area contributed by atoms with Crippen LogP contribution in [-0.2, 0) is 4.74 Å². The summed E-state index contributed by atoms with van der Waals surface area (Å²) in [5.74, 6) is 0.521. The van der Waals surface area contributed by atoms with Gasteiger partial charge in [0.2, 0.25) is 0 Å². The molecule has 0 radical (unpaired) electrons. The van der Waals surface area contributed by atoms with Crippen molar-refractivity contribution in [1.82, 2.24) is 15.3 Å². The van der Waals surface area contributed by atoms with Gasteiger partial charge in [0.15, 0.2) is 0 Å². The molecule has 0 saturated heterocycles. The normalized spacial score (nSPS) is 15.7. The Hall–Kier alpha value is -1.69. The van der Waals surface area contributed by atoms with Crippen LogP contribution in [-0.4, -0.2) is 49.2 Å². The smallest absolute Gasteiger partial charge is 0.271 e. The first-order valence-electron chi connectivity index (χ1n) is 7.56. The molecular weight excluding hydrogens is 268 g/mol. The van der Waals surface area contributed by atoms with Crippen LogP contribution in [0.2, 0.25) is 0 Å². The van der Waals surface area contributed by atoms with Crippen LogP contribution < -0.4 is 10.2 Å². The monoisotopic (exact) mass is 292 g/mol. The Morgan fingerprint density at radius 1 is 1.29 bits per heavy atom. The van der Waals surface area contributed by atoms with E-state index >= 15 is 0 Å². The summed E-state index contributed by atoms with van der Waals surface area (Å²) in [6.45, 7) is 1.06. The van der Waals surface area contributed by atoms with E-state index in [4.69, 9.17) is 4.74 Å². The van der Waals surface area contributed by atoms with Crippen molar-refractivity contribution in [1.29, 1.82) is 0 Å². The highest BCUT2D eigenvalue weighted by molar-refractivity contribution is 5.91. The summed E-state index contributed by atoms with van der Waals surface area (Å²) in [5, 5.41) is 2.81. The number of hydrogen-bond acceptors (Lipinski definition) is 5. The number of aromatic nitrogens is 2. The van der Waals surface area contributed by atoms with E-state index in [9.17, 15) is 4.79 Å². The number of rotatable bonds is 6. The third-order valence-electron chi connectivity index (χ3n) is 3.62. The van der Waals surface area contributed by atoms with Crippen LogP contribution in [0.4, 0.5) is 5.82 Å². The summed E-state index contributed by atoms with van der Waals surface area (Å²) in [5.41, 5.74) is 0.332. The third-order valence-corrected chi connectivity index (χ3v) is 3.62. The Bertz CT molecular complexity index is 441. The number of ether oxygens (including phenoxy) is 1. The van der Waals surface area contributed by atoms with Crippen LogP contribution in [0.15, 0.2) is 12.4 Å². The second-order valence-electron chi connectivity index (χ2n) is 5.54. The van der Waals surface area contributed by atoms with Crippen molar-refractivity contribution in [2.75, 3.05) is 32.1 Å². The Morgan fingerprint density at radius 3 is 2.67 bits per heavy atom. The van der Waals surface area contributed by atoms with Crippen molar-refractivity contribution >= 4 is 11.7 Å². The lowest BCUT2D eigenvalue weighted by atomic mass is 9.98. The quantitative estimate of drug-likeness (QED) is 0.807. The predicted octanol–water partition coefficient (Wildman–Crippen LogP) is 1.62. The highest BCUT2D eigenvalue weighted by Crippen LogP contribution is 2.19. The molecule has 1 amide bonds. The Balaban J connectivity index is 1.69. The predicted molar refractivity (Wildman–Crippen MR) is 81.5 cm³/mol. The summed E-state index contributed by atoms with van der Waals surface area (Å²) < 4.78 is 5.76. The zero-order valence-electron chi connectivity index (χ0n) is 12.8. The van der Waals surface area contributed by atoms with E-state index in [2.05, 4.69) is 15.3 Å². The van der Waals surface area contributed by atoms with E-state index in [-0.39, 0.29) is 5.91 Å². The van der Waals surface area contributed by atoms with Gasteiger partial charge in [-0.3, -0.25) is 4.79 Å². The van der Waals surface area contributed by atoms with Gasteiger partial charge in [-0.05, 0) is 12.8 Å². The number of anilines is 1. The molecule has 6 nitrogen and oxygen atoms in total. The van der Waals surface area contributed by atoms with Crippen molar-refractivity contribution in [2.45, 2.75) is 38.2 Å². The molecule has 0 aliphatic heterocycles. The molecule has 1 fully saturated rings. The second-order valence-corrected chi connectivity index (χ2v) is 5.54. The maximum Gasteiger partial charge on any atom is 0.271 e. The van der Waals surface area contributed by atoms with Gasteiger partial charge >= 0.3 is 0 Å². The fraction of sp³-hybridized carbons (Fsp3) is 0.667. The van der Waals surface area contributed by atoms with Crippen LogP contribution in [0.3, 0.4) is 0 Å². The maximum absolute atomic E-state index is 11.9. The Morgan fingerprint density at radius 2 is 2.05 bits per heavy atom. The molecule has 116 valence electrons. The van der Waals surface area contributed by atoms with Crippen LogP contribution in [0.5, 0.6) is 0 Å². The molecule has 0 spiro atoms. The molecule has 0 unspecified atom stereocenters. The fourth-order valence-corrected chi connectivity index (χ4v) is 2.38. The lowest BCUT2D eigenvalue weighted by Gasteiger charge is -2.21. The number of nitrogens with zero attached hydrogens (tertiary/aromatic N) is 3. The third kappa shape index (κ3) is 4.97. The van der Waals surface area contributed by atoms with Crippen molar-refractivity contribution in [3.63, 3.8) is 0 Å². The van der Waals surface area contributed by atoms with Crippen molar-refractivity contribution in [3.05, 3.63) is 18.1 Å². The highest BCUT2D eigenvalue weighted by atomic mass is 16.5. The molecule has 0 atom stereocenters. The molecule has 1 aliphatic rings. The van der Waals surface area contributed by atoms with Crippen LogP contribution in [0, 0.1) is 0 Å². The van der Waals surface area contributed by atoms with E-state index in [1.165, 1.54) is 25.5 Å². The average Bonchev–Trinajstić information content (AvgIpc) is 2.52. The molecule has 6 heteroatoms. The van der Waals surface area contributed by atoms with E-state index in [1.54, 1.807) is 6.20 Å². The largest absolute Gasteiger partial charge is 0.376 e. The summed E-state index contributed by atoms with van der Waals surface area (Å²) in [7, 11) is 3.76. The standard InChI is InChI=1S/C15H24N4O2/c1-19(2)14-11-17-13(10-18-14)15(20)16-8-9-21-12-6-4-3-5-7-12/h10-12H,3-9H2,1-2H3,(H,16,20). The number of carbonyl (C=O) groups is 1. The zero-order valence-corrected chi connectivity index (χ0v) is 12.8. The minimum atomic E-state index is -0.208. The molecule has 0 bridgehead atoms. The van der Waals surface area contributed by atoms with Crippen LogP contribution in [0.1, 0.15) is 42.6 Å². The average molecular weight is 292 g/mol.